The molecule has 15 heavy (non-hydrogen) atoms. The molecule has 0 spiro atoms. The minimum absolute atomic E-state index is 0.241. The van der Waals surface area contributed by atoms with Crippen molar-refractivity contribution in [1.29, 1.82) is 5.26 Å². The molecule has 78 valence electrons. The largest absolute Gasteiger partial charge is 0.461 e. The number of esters is 1. The number of aromatic nitrogens is 1. The number of ether oxygens (including phenoxy) is 1. The molecule has 1 aromatic rings. The summed E-state index contributed by atoms with van der Waals surface area (Å²) >= 11 is 0. The molecule has 0 bridgehead atoms. The van der Waals surface area contributed by atoms with Crippen molar-refractivity contribution in [2.24, 2.45) is 0 Å². The molecule has 1 heterocycles. The first kappa shape index (κ1) is 11.2. The van der Waals surface area contributed by atoms with Crippen molar-refractivity contribution in [1.82, 2.24) is 4.98 Å². The van der Waals surface area contributed by atoms with Crippen molar-refractivity contribution < 1.29 is 9.53 Å². The van der Waals surface area contributed by atoms with Crippen LogP contribution in [0.1, 0.15) is 35.8 Å². The molecule has 1 aromatic heterocycles. The summed E-state index contributed by atoms with van der Waals surface area (Å²) in [5, 5.41) is 8.53. The van der Waals surface area contributed by atoms with Gasteiger partial charge in [-0.05, 0) is 18.6 Å². The van der Waals surface area contributed by atoms with E-state index in [9.17, 15) is 4.79 Å². The van der Waals surface area contributed by atoms with E-state index in [1.165, 1.54) is 12.3 Å². The molecule has 4 nitrogen and oxygen atoms in total. The molecule has 0 amide bonds. The van der Waals surface area contributed by atoms with Crippen molar-refractivity contribution in [2.45, 2.75) is 19.8 Å². The molecule has 0 aliphatic heterocycles. The first-order chi connectivity index (χ1) is 7.27. The van der Waals surface area contributed by atoms with Gasteiger partial charge in [0.05, 0.1) is 12.2 Å². The maximum Gasteiger partial charge on any atom is 0.356 e. The Morgan fingerprint density at radius 3 is 2.93 bits per heavy atom. The second-order valence-electron chi connectivity index (χ2n) is 3.03. The van der Waals surface area contributed by atoms with E-state index in [0.717, 1.165) is 12.8 Å². The van der Waals surface area contributed by atoms with Crippen LogP contribution in [0.5, 0.6) is 0 Å². The van der Waals surface area contributed by atoms with E-state index >= 15 is 0 Å². The van der Waals surface area contributed by atoms with Gasteiger partial charge in [0.2, 0.25) is 0 Å². The molecule has 0 N–H and O–H groups in total. The number of nitriles is 1. The summed E-state index contributed by atoms with van der Waals surface area (Å²) in [4.78, 5) is 15.2. The standard InChI is InChI=1S/C11H12N2O2/c1-2-3-6-15-11(14)10-5-4-9(7-12)8-13-10/h4-5,8H,2-3,6H2,1H3. The highest BCUT2D eigenvalue weighted by Crippen LogP contribution is 2.01. The smallest absolute Gasteiger partial charge is 0.356 e. The lowest BCUT2D eigenvalue weighted by atomic mass is 10.3. The summed E-state index contributed by atoms with van der Waals surface area (Å²) < 4.78 is 4.96. The van der Waals surface area contributed by atoms with Gasteiger partial charge in [-0.3, -0.25) is 0 Å². The Kier molecular flexibility index (Phi) is 4.30. The van der Waals surface area contributed by atoms with Crippen LogP contribution in [-0.4, -0.2) is 17.6 Å². The Balaban J connectivity index is 2.55. The SMILES string of the molecule is CCCCOC(=O)c1ccc(C#N)cn1. The molecule has 0 saturated heterocycles. The molecule has 0 radical (unpaired) electrons. The van der Waals surface area contributed by atoms with E-state index in [2.05, 4.69) is 4.98 Å². The third-order valence-electron chi connectivity index (χ3n) is 1.83. The second-order valence-corrected chi connectivity index (χ2v) is 3.03. The normalized spacial score (nSPS) is 9.33. The number of carbonyl (C=O) groups is 1. The molecular formula is C11H12N2O2. The molecule has 0 fully saturated rings. The van der Waals surface area contributed by atoms with E-state index in [4.69, 9.17) is 10.00 Å². The predicted octanol–water partition coefficient (Wildman–Crippen LogP) is 1.91. The Bertz CT molecular complexity index is 365. The van der Waals surface area contributed by atoms with Crippen LogP contribution in [0.15, 0.2) is 18.3 Å². The molecule has 0 saturated carbocycles. The van der Waals surface area contributed by atoms with E-state index in [-0.39, 0.29) is 5.69 Å². The Morgan fingerprint density at radius 2 is 2.40 bits per heavy atom. The predicted molar refractivity (Wildman–Crippen MR) is 54.1 cm³/mol. The van der Waals surface area contributed by atoms with Gasteiger partial charge in [0.15, 0.2) is 0 Å². The van der Waals surface area contributed by atoms with Crippen LogP contribution in [0.25, 0.3) is 0 Å². The average Bonchev–Trinajstić information content (AvgIpc) is 2.29. The molecule has 0 unspecified atom stereocenters. The van der Waals surface area contributed by atoms with Crippen molar-refractivity contribution >= 4 is 5.97 Å². The van der Waals surface area contributed by atoms with Crippen LogP contribution < -0.4 is 0 Å². The molecule has 0 atom stereocenters. The minimum Gasteiger partial charge on any atom is -0.461 e. The average molecular weight is 204 g/mol. The van der Waals surface area contributed by atoms with Gasteiger partial charge in [0.25, 0.3) is 0 Å². The zero-order chi connectivity index (χ0) is 11.1. The van der Waals surface area contributed by atoms with Crippen molar-refractivity contribution in [2.75, 3.05) is 6.61 Å². The Labute approximate surface area is 88.5 Å². The third kappa shape index (κ3) is 3.39. The van der Waals surface area contributed by atoms with Gasteiger partial charge < -0.3 is 4.74 Å². The quantitative estimate of drug-likeness (QED) is 0.555. The molecule has 4 heteroatoms. The number of rotatable bonds is 4. The highest BCUT2D eigenvalue weighted by molar-refractivity contribution is 5.87. The molecular weight excluding hydrogens is 192 g/mol. The number of carbonyl (C=O) groups excluding carboxylic acids is 1. The fraction of sp³-hybridized carbons (Fsp3) is 0.364. The van der Waals surface area contributed by atoms with Crippen molar-refractivity contribution in [3.8, 4) is 6.07 Å². The fourth-order valence-electron chi connectivity index (χ4n) is 0.964. The zero-order valence-corrected chi connectivity index (χ0v) is 8.56. The van der Waals surface area contributed by atoms with Gasteiger partial charge in [-0.2, -0.15) is 5.26 Å². The van der Waals surface area contributed by atoms with Crippen LogP contribution in [-0.2, 0) is 4.74 Å². The van der Waals surface area contributed by atoms with Gasteiger partial charge >= 0.3 is 5.97 Å². The summed E-state index contributed by atoms with van der Waals surface area (Å²) in [7, 11) is 0. The van der Waals surface area contributed by atoms with E-state index < -0.39 is 5.97 Å². The minimum atomic E-state index is -0.437. The van der Waals surface area contributed by atoms with Gasteiger partial charge in [-0.25, -0.2) is 9.78 Å². The Hall–Kier alpha value is -1.89. The lowest BCUT2D eigenvalue weighted by molar-refractivity contribution is 0.0493. The van der Waals surface area contributed by atoms with Crippen LogP contribution in [0.3, 0.4) is 0 Å². The summed E-state index contributed by atoms with van der Waals surface area (Å²) in [5.41, 5.74) is 0.671. The number of hydrogen-bond donors (Lipinski definition) is 0. The van der Waals surface area contributed by atoms with E-state index in [1.54, 1.807) is 6.07 Å². The summed E-state index contributed by atoms with van der Waals surface area (Å²) in [6.45, 7) is 2.44. The summed E-state index contributed by atoms with van der Waals surface area (Å²) in [6.07, 6.45) is 3.19. The van der Waals surface area contributed by atoms with Crippen LogP contribution >= 0.6 is 0 Å². The van der Waals surface area contributed by atoms with Gasteiger partial charge in [0.1, 0.15) is 11.8 Å². The number of unbranched alkanes of at least 4 members (excludes halogenated alkanes) is 1. The molecule has 1 rings (SSSR count). The van der Waals surface area contributed by atoms with Crippen molar-refractivity contribution in [3.05, 3.63) is 29.6 Å². The Morgan fingerprint density at radius 1 is 1.60 bits per heavy atom. The first-order valence-electron chi connectivity index (χ1n) is 4.81. The third-order valence-corrected chi connectivity index (χ3v) is 1.83. The fourth-order valence-corrected chi connectivity index (χ4v) is 0.964. The van der Waals surface area contributed by atoms with Gasteiger partial charge in [0, 0.05) is 6.20 Å². The molecule has 0 aliphatic rings. The monoisotopic (exact) mass is 204 g/mol. The summed E-state index contributed by atoms with van der Waals surface area (Å²) in [5.74, 6) is -0.437. The number of hydrogen-bond acceptors (Lipinski definition) is 4. The number of nitrogens with zero attached hydrogens (tertiary/aromatic N) is 2. The van der Waals surface area contributed by atoms with Gasteiger partial charge in [-0.1, -0.05) is 13.3 Å². The highest BCUT2D eigenvalue weighted by Gasteiger charge is 2.07. The lowest BCUT2D eigenvalue weighted by Gasteiger charge is -2.02. The second kappa shape index (κ2) is 5.76. The summed E-state index contributed by atoms with van der Waals surface area (Å²) in [6, 6.07) is 4.97. The maximum absolute atomic E-state index is 11.4. The maximum atomic E-state index is 11.4. The zero-order valence-electron chi connectivity index (χ0n) is 8.56. The van der Waals surface area contributed by atoms with Crippen LogP contribution in [0.2, 0.25) is 0 Å². The molecule has 0 aromatic carbocycles. The molecule has 0 aliphatic carbocycles. The van der Waals surface area contributed by atoms with E-state index in [1.807, 2.05) is 13.0 Å². The topological polar surface area (TPSA) is 63.0 Å². The van der Waals surface area contributed by atoms with Crippen LogP contribution in [0.4, 0.5) is 0 Å². The first-order valence-corrected chi connectivity index (χ1v) is 4.81. The van der Waals surface area contributed by atoms with E-state index in [0.29, 0.717) is 12.2 Å². The van der Waals surface area contributed by atoms with Crippen LogP contribution in [0, 0.1) is 11.3 Å². The van der Waals surface area contributed by atoms with Crippen molar-refractivity contribution in [3.63, 3.8) is 0 Å². The number of pyridine rings is 1. The lowest BCUT2D eigenvalue weighted by Crippen LogP contribution is -2.08. The highest BCUT2D eigenvalue weighted by atomic mass is 16.5. The van der Waals surface area contributed by atoms with Gasteiger partial charge in [-0.15, -0.1) is 0 Å².